The minimum Gasteiger partial charge on any atom is -0.368 e. The zero-order valence-electron chi connectivity index (χ0n) is 9.78. The normalized spacial score (nSPS) is 17.4. The SMILES string of the molecule is C=CCCOC(C)C(=O)N1CCNCC1.Cl. The number of carbonyl (C=O) groups is 1. The summed E-state index contributed by atoms with van der Waals surface area (Å²) in [5.74, 6) is 0.0977. The number of hydrogen-bond acceptors (Lipinski definition) is 3. The fourth-order valence-electron chi connectivity index (χ4n) is 1.54. The molecule has 0 aromatic heterocycles. The Labute approximate surface area is 103 Å². The Morgan fingerprint density at radius 3 is 2.75 bits per heavy atom. The van der Waals surface area contributed by atoms with Crippen LogP contribution >= 0.6 is 12.4 Å². The number of rotatable bonds is 5. The molecule has 0 spiro atoms. The number of amides is 1. The van der Waals surface area contributed by atoms with Gasteiger partial charge in [-0.2, -0.15) is 0 Å². The smallest absolute Gasteiger partial charge is 0.251 e. The molecule has 1 N–H and O–H groups in total. The van der Waals surface area contributed by atoms with Gasteiger partial charge in [-0.25, -0.2) is 0 Å². The van der Waals surface area contributed by atoms with Gasteiger partial charge >= 0.3 is 0 Å². The highest BCUT2D eigenvalue weighted by molar-refractivity contribution is 5.85. The van der Waals surface area contributed by atoms with Crippen molar-refractivity contribution in [2.75, 3.05) is 32.8 Å². The van der Waals surface area contributed by atoms with Crippen LogP contribution in [0.15, 0.2) is 12.7 Å². The van der Waals surface area contributed by atoms with Gasteiger partial charge < -0.3 is 15.0 Å². The summed E-state index contributed by atoms with van der Waals surface area (Å²) < 4.78 is 5.41. The van der Waals surface area contributed by atoms with Crippen LogP contribution in [0.5, 0.6) is 0 Å². The third kappa shape index (κ3) is 4.96. The first-order chi connectivity index (χ1) is 7.25. The van der Waals surface area contributed by atoms with E-state index in [1.54, 1.807) is 6.08 Å². The molecule has 1 amide bonds. The molecule has 1 fully saturated rings. The van der Waals surface area contributed by atoms with Crippen LogP contribution in [0.2, 0.25) is 0 Å². The lowest BCUT2D eigenvalue weighted by molar-refractivity contribution is -0.143. The molecule has 1 unspecified atom stereocenters. The minimum atomic E-state index is -0.331. The summed E-state index contributed by atoms with van der Waals surface area (Å²) in [4.78, 5) is 13.7. The van der Waals surface area contributed by atoms with Crippen molar-refractivity contribution >= 4 is 18.3 Å². The molecule has 5 heteroatoms. The van der Waals surface area contributed by atoms with Gasteiger partial charge in [0.2, 0.25) is 0 Å². The van der Waals surface area contributed by atoms with E-state index < -0.39 is 0 Å². The Kier molecular flexibility index (Phi) is 8.25. The minimum absolute atomic E-state index is 0. The summed E-state index contributed by atoms with van der Waals surface area (Å²) in [7, 11) is 0. The summed E-state index contributed by atoms with van der Waals surface area (Å²) in [6, 6.07) is 0. The Hall–Kier alpha value is -0.580. The first kappa shape index (κ1) is 15.4. The van der Waals surface area contributed by atoms with Gasteiger partial charge in [-0.15, -0.1) is 19.0 Å². The Bertz CT molecular complexity index is 218. The van der Waals surface area contributed by atoms with Gasteiger partial charge in [-0.3, -0.25) is 4.79 Å². The van der Waals surface area contributed by atoms with E-state index in [2.05, 4.69) is 11.9 Å². The number of nitrogens with zero attached hydrogens (tertiary/aromatic N) is 1. The van der Waals surface area contributed by atoms with E-state index in [0.29, 0.717) is 6.61 Å². The molecule has 1 aliphatic heterocycles. The van der Waals surface area contributed by atoms with Crippen molar-refractivity contribution in [1.82, 2.24) is 10.2 Å². The number of piperazine rings is 1. The summed E-state index contributed by atoms with van der Waals surface area (Å²) in [6.45, 7) is 9.33. The molecular formula is C11H21ClN2O2. The van der Waals surface area contributed by atoms with E-state index in [1.807, 2.05) is 11.8 Å². The van der Waals surface area contributed by atoms with Crippen LogP contribution in [0.1, 0.15) is 13.3 Å². The highest BCUT2D eigenvalue weighted by Gasteiger charge is 2.21. The van der Waals surface area contributed by atoms with E-state index in [1.165, 1.54) is 0 Å². The highest BCUT2D eigenvalue weighted by Crippen LogP contribution is 2.01. The zero-order valence-corrected chi connectivity index (χ0v) is 10.6. The first-order valence-electron chi connectivity index (χ1n) is 5.47. The molecule has 94 valence electrons. The lowest BCUT2D eigenvalue weighted by Gasteiger charge is -2.29. The average Bonchev–Trinajstić information content (AvgIpc) is 2.29. The molecule has 1 aliphatic rings. The maximum atomic E-state index is 11.8. The second kappa shape index (κ2) is 8.56. The zero-order chi connectivity index (χ0) is 11.1. The van der Waals surface area contributed by atoms with E-state index in [4.69, 9.17) is 4.74 Å². The molecule has 0 radical (unpaired) electrons. The summed E-state index contributed by atoms with van der Waals surface area (Å²) >= 11 is 0. The van der Waals surface area contributed by atoms with Crippen molar-refractivity contribution in [3.05, 3.63) is 12.7 Å². The van der Waals surface area contributed by atoms with Gasteiger partial charge in [0.25, 0.3) is 5.91 Å². The number of ether oxygens (including phenoxy) is 1. The third-order valence-electron chi connectivity index (χ3n) is 2.47. The van der Waals surface area contributed by atoms with Gasteiger partial charge in [0.1, 0.15) is 6.10 Å². The van der Waals surface area contributed by atoms with Crippen molar-refractivity contribution in [2.24, 2.45) is 0 Å². The predicted molar refractivity (Wildman–Crippen MR) is 66.9 cm³/mol. The fraction of sp³-hybridized carbons (Fsp3) is 0.727. The Morgan fingerprint density at radius 2 is 2.19 bits per heavy atom. The maximum Gasteiger partial charge on any atom is 0.251 e. The van der Waals surface area contributed by atoms with Crippen LogP contribution in [0.25, 0.3) is 0 Å². The molecule has 4 nitrogen and oxygen atoms in total. The molecule has 1 atom stereocenters. The van der Waals surface area contributed by atoms with E-state index in [9.17, 15) is 4.79 Å². The molecular weight excluding hydrogens is 228 g/mol. The second-order valence-electron chi connectivity index (χ2n) is 3.67. The van der Waals surface area contributed by atoms with Gasteiger partial charge in [-0.05, 0) is 13.3 Å². The molecule has 1 saturated heterocycles. The van der Waals surface area contributed by atoms with Crippen LogP contribution in [-0.2, 0) is 9.53 Å². The molecule has 0 aliphatic carbocycles. The monoisotopic (exact) mass is 248 g/mol. The van der Waals surface area contributed by atoms with Crippen molar-refractivity contribution in [3.8, 4) is 0 Å². The summed E-state index contributed by atoms with van der Waals surface area (Å²) in [6.07, 6.45) is 2.25. The number of hydrogen-bond donors (Lipinski definition) is 1. The maximum absolute atomic E-state index is 11.8. The number of carbonyl (C=O) groups excluding carboxylic acids is 1. The lowest BCUT2D eigenvalue weighted by atomic mass is 10.3. The Morgan fingerprint density at radius 1 is 1.56 bits per heavy atom. The quantitative estimate of drug-likeness (QED) is 0.579. The van der Waals surface area contributed by atoms with Gasteiger partial charge in [0.05, 0.1) is 6.61 Å². The average molecular weight is 249 g/mol. The van der Waals surface area contributed by atoms with Crippen LogP contribution in [-0.4, -0.2) is 49.7 Å². The van der Waals surface area contributed by atoms with Crippen LogP contribution < -0.4 is 5.32 Å². The second-order valence-corrected chi connectivity index (χ2v) is 3.67. The molecule has 0 bridgehead atoms. The first-order valence-corrected chi connectivity index (χ1v) is 5.47. The Balaban J connectivity index is 0.00000225. The van der Waals surface area contributed by atoms with E-state index in [0.717, 1.165) is 32.6 Å². The van der Waals surface area contributed by atoms with Crippen molar-refractivity contribution < 1.29 is 9.53 Å². The van der Waals surface area contributed by atoms with Crippen LogP contribution in [0.4, 0.5) is 0 Å². The number of halogens is 1. The molecule has 1 rings (SSSR count). The molecule has 1 heterocycles. The molecule has 16 heavy (non-hydrogen) atoms. The molecule has 0 aromatic rings. The molecule has 0 aromatic carbocycles. The van der Waals surface area contributed by atoms with Crippen molar-refractivity contribution in [2.45, 2.75) is 19.4 Å². The fourth-order valence-corrected chi connectivity index (χ4v) is 1.54. The summed E-state index contributed by atoms with van der Waals surface area (Å²) in [5, 5.41) is 3.21. The topological polar surface area (TPSA) is 41.6 Å². The van der Waals surface area contributed by atoms with Crippen molar-refractivity contribution in [1.29, 1.82) is 0 Å². The van der Waals surface area contributed by atoms with E-state index in [-0.39, 0.29) is 24.4 Å². The van der Waals surface area contributed by atoms with E-state index >= 15 is 0 Å². The van der Waals surface area contributed by atoms with Gasteiger partial charge in [0.15, 0.2) is 0 Å². The third-order valence-corrected chi connectivity index (χ3v) is 2.47. The van der Waals surface area contributed by atoms with Gasteiger partial charge in [-0.1, -0.05) is 6.08 Å². The number of nitrogens with one attached hydrogen (secondary N) is 1. The molecule has 0 saturated carbocycles. The lowest BCUT2D eigenvalue weighted by Crippen LogP contribution is -2.49. The van der Waals surface area contributed by atoms with Gasteiger partial charge in [0, 0.05) is 26.2 Å². The van der Waals surface area contributed by atoms with Crippen molar-refractivity contribution in [3.63, 3.8) is 0 Å². The van der Waals surface area contributed by atoms with Crippen LogP contribution in [0, 0.1) is 0 Å². The highest BCUT2D eigenvalue weighted by atomic mass is 35.5. The summed E-state index contributed by atoms with van der Waals surface area (Å²) in [5.41, 5.74) is 0. The van der Waals surface area contributed by atoms with Crippen LogP contribution in [0.3, 0.4) is 0 Å². The predicted octanol–water partition coefficient (Wildman–Crippen LogP) is 0.821. The largest absolute Gasteiger partial charge is 0.368 e. The standard InChI is InChI=1S/C11H20N2O2.ClH/c1-3-4-9-15-10(2)11(14)13-7-5-12-6-8-13;/h3,10,12H,1,4-9H2,2H3;1H.